The van der Waals surface area contributed by atoms with Crippen LogP contribution in [0.5, 0.6) is 11.5 Å². The third-order valence-corrected chi connectivity index (χ3v) is 5.08. The first-order valence-corrected chi connectivity index (χ1v) is 9.85. The lowest BCUT2D eigenvalue weighted by Crippen LogP contribution is -2.44. The van der Waals surface area contributed by atoms with Gasteiger partial charge in [-0.15, -0.1) is 5.10 Å². The van der Waals surface area contributed by atoms with E-state index in [9.17, 15) is 4.79 Å². The molecule has 2 N–H and O–H groups in total. The summed E-state index contributed by atoms with van der Waals surface area (Å²) >= 11 is 0. The van der Waals surface area contributed by atoms with E-state index in [2.05, 4.69) is 42.7 Å². The molecule has 0 unspecified atom stereocenters. The molecular weight excluding hydrogens is 402 g/mol. The van der Waals surface area contributed by atoms with Crippen molar-refractivity contribution in [3.05, 3.63) is 42.4 Å². The lowest BCUT2D eigenvalue weighted by Gasteiger charge is -2.33. The number of fused-ring (bicyclic) bond motifs is 1. The van der Waals surface area contributed by atoms with Gasteiger partial charge >= 0.3 is 17.8 Å². The number of likely N-dealkylation sites (N-methyl/N-ethyl adjacent to an activating group) is 1. The van der Waals surface area contributed by atoms with Crippen LogP contribution in [0, 0.1) is 0 Å². The second-order valence-corrected chi connectivity index (χ2v) is 7.25. The average Bonchev–Trinajstić information content (AvgIpc) is 3.44. The van der Waals surface area contributed by atoms with Crippen molar-refractivity contribution in [2.75, 3.05) is 55.6 Å². The van der Waals surface area contributed by atoms with Gasteiger partial charge in [0.15, 0.2) is 11.5 Å². The fourth-order valence-corrected chi connectivity index (χ4v) is 3.33. The number of pyridine rings is 1. The molecule has 0 bridgehead atoms. The van der Waals surface area contributed by atoms with Gasteiger partial charge in [-0.05, 0) is 31.3 Å². The topological polar surface area (TPSA) is 118 Å². The molecule has 1 fully saturated rings. The van der Waals surface area contributed by atoms with Gasteiger partial charge in [0.05, 0.1) is 11.9 Å². The summed E-state index contributed by atoms with van der Waals surface area (Å²) in [5.74, 6) is 1.50. The number of benzene rings is 1. The van der Waals surface area contributed by atoms with Crippen LogP contribution < -0.4 is 25.0 Å². The molecule has 31 heavy (non-hydrogen) atoms. The molecule has 0 spiro atoms. The van der Waals surface area contributed by atoms with Crippen LogP contribution in [0.25, 0.3) is 0 Å². The van der Waals surface area contributed by atoms with E-state index in [1.807, 2.05) is 6.07 Å². The monoisotopic (exact) mass is 423 g/mol. The number of ether oxygens (including phenoxy) is 2. The summed E-state index contributed by atoms with van der Waals surface area (Å²) in [4.78, 5) is 21.4. The number of hydrogen-bond acceptors (Lipinski definition) is 10. The number of aromatic nitrogens is 3. The molecule has 11 heteroatoms. The average molecular weight is 423 g/mol. The zero-order valence-corrected chi connectivity index (χ0v) is 16.9. The first kappa shape index (κ1) is 19.1. The Kier molecular flexibility index (Phi) is 5.00. The molecule has 0 atom stereocenters. The van der Waals surface area contributed by atoms with E-state index >= 15 is 0 Å². The van der Waals surface area contributed by atoms with Crippen molar-refractivity contribution >= 4 is 29.1 Å². The van der Waals surface area contributed by atoms with Crippen molar-refractivity contribution in [1.82, 2.24) is 20.1 Å². The fourth-order valence-electron chi connectivity index (χ4n) is 3.33. The second-order valence-electron chi connectivity index (χ2n) is 7.25. The number of rotatable bonds is 5. The van der Waals surface area contributed by atoms with Gasteiger partial charge in [0, 0.05) is 37.9 Å². The Labute approximate surface area is 178 Å². The standard InChI is InChI=1S/C20H21N7O4/c1-26-6-8-27(9-7-26)17-5-3-14(11-21-17)22-18(28)19-24-25-20(31-19)23-13-2-4-15-16(10-13)30-12-29-15/h2-5,10-11H,6-9,12H2,1H3,(H,22,28)(H,23,25). The quantitative estimate of drug-likeness (QED) is 0.630. The van der Waals surface area contributed by atoms with Gasteiger partial charge < -0.3 is 34.3 Å². The van der Waals surface area contributed by atoms with Crippen LogP contribution in [0.1, 0.15) is 10.7 Å². The highest BCUT2D eigenvalue weighted by Gasteiger charge is 2.18. The normalized spacial score (nSPS) is 15.7. The van der Waals surface area contributed by atoms with Gasteiger partial charge in [0.2, 0.25) is 6.79 Å². The van der Waals surface area contributed by atoms with Crippen LogP contribution in [0.4, 0.5) is 23.2 Å². The van der Waals surface area contributed by atoms with Crippen LogP contribution in [0.15, 0.2) is 40.9 Å². The highest BCUT2D eigenvalue weighted by atomic mass is 16.7. The van der Waals surface area contributed by atoms with Crippen molar-refractivity contribution in [3.8, 4) is 11.5 Å². The Morgan fingerprint density at radius 2 is 1.81 bits per heavy atom. The minimum Gasteiger partial charge on any atom is -0.454 e. The van der Waals surface area contributed by atoms with E-state index in [4.69, 9.17) is 13.9 Å². The van der Waals surface area contributed by atoms with E-state index in [1.54, 1.807) is 30.5 Å². The molecule has 4 heterocycles. The lowest BCUT2D eigenvalue weighted by molar-refractivity contribution is 0.0991. The van der Waals surface area contributed by atoms with Crippen molar-refractivity contribution in [2.24, 2.45) is 0 Å². The lowest BCUT2D eigenvalue weighted by atomic mass is 10.3. The number of piperazine rings is 1. The molecule has 1 amide bonds. The minimum atomic E-state index is -0.514. The number of anilines is 4. The number of carbonyl (C=O) groups is 1. The summed E-state index contributed by atoms with van der Waals surface area (Å²) in [6, 6.07) is 9.09. The molecule has 2 aliphatic heterocycles. The number of amides is 1. The fraction of sp³-hybridized carbons (Fsp3) is 0.300. The first-order valence-electron chi connectivity index (χ1n) is 9.85. The molecule has 0 radical (unpaired) electrons. The molecule has 1 saturated heterocycles. The molecule has 5 rings (SSSR count). The third kappa shape index (κ3) is 4.21. The van der Waals surface area contributed by atoms with Crippen LogP contribution in [0.2, 0.25) is 0 Å². The van der Waals surface area contributed by atoms with Gasteiger partial charge in [0.1, 0.15) is 5.82 Å². The largest absolute Gasteiger partial charge is 0.454 e. The molecule has 2 aromatic heterocycles. The van der Waals surface area contributed by atoms with E-state index in [0.29, 0.717) is 22.9 Å². The maximum absolute atomic E-state index is 12.4. The van der Waals surface area contributed by atoms with E-state index in [1.165, 1.54) is 0 Å². The zero-order valence-electron chi connectivity index (χ0n) is 16.9. The summed E-state index contributed by atoms with van der Waals surface area (Å²) in [6.45, 7) is 4.04. The summed E-state index contributed by atoms with van der Waals surface area (Å²) < 4.78 is 16.0. The van der Waals surface area contributed by atoms with Crippen molar-refractivity contribution < 1.29 is 18.7 Å². The SMILES string of the molecule is CN1CCN(c2ccc(NC(=O)c3nnc(Nc4ccc5c(c4)OCO5)o3)cn2)CC1. The Morgan fingerprint density at radius 1 is 1.00 bits per heavy atom. The highest BCUT2D eigenvalue weighted by molar-refractivity contribution is 6.00. The van der Waals surface area contributed by atoms with E-state index in [-0.39, 0.29) is 18.7 Å². The van der Waals surface area contributed by atoms with Crippen LogP contribution in [0.3, 0.4) is 0 Å². The molecule has 3 aromatic rings. The maximum atomic E-state index is 12.4. The van der Waals surface area contributed by atoms with Crippen LogP contribution >= 0.6 is 0 Å². The summed E-state index contributed by atoms with van der Waals surface area (Å²) in [5.41, 5.74) is 1.22. The third-order valence-electron chi connectivity index (χ3n) is 5.08. The first-order chi connectivity index (χ1) is 15.1. The predicted octanol–water partition coefficient (Wildman–Crippen LogP) is 1.94. The number of carbonyl (C=O) groups excluding carboxylic acids is 1. The summed E-state index contributed by atoms with van der Waals surface area (Å²) in [5, 5.41) is 13.3. The van der Waals surface area contributed by atoms with Gasteiger partial charge in [-0.1, -0.05) is 5.10 Å². The smallest absolute Gasteiger partial charge is 0.320 e. The Bertz CT molecular complexity index is 1080. The molecule has 0 aliphatic carbocycles. The van der Waals surface area contributed by atoms with Gasteiger partial charge in [-0.25, -0.2) is 4.98 Å². The molecule has 11 nitrogen and oxygen atoms in total. The molecule has 2 aliphatic rings. The Morgan fingerprint density at radius 3 is 2.61 bits per heavy atom. The maximum Gasteiger partial charge on any atom is 0.320 e. The minimum absolute atomic E-state index is 0.0903. The van der Waals surface area contributed by atoms with Crippen molar-refractivity contribution in [1.29, 1.82) is 0 Å². The summed E-state index contributed by atoms with van der Waals surface area (Å²) in [7, 11) is 2.11. The van der Waals surface area contributed by atoms with Crippen molar-refractivity contribution in [3.63, 3.8) is 0 Å². The number of nitrogens with zero attached hydrogens (tertiary/aromatic N) is 5. The zero-order chi connectivity index (χ0) is 21.2. The van der Waals surface area contributed by atoms with E-state index in [0.717, 1.165) is 32.0 Å². The number of hydrogen-bond donors (Lipinski definition) is 2. The Balaban J connectivity index is 1.20. The van der Waals surface area contributed by atoms with Gasteiger partial charge in [-0.2, -0.15) is 0 Å². The highest BCUT2D eigenvalue weighted by Crippen LogP contribution is 2.34. The summed E-state index contributed by atoms with van der Waals surface area (Å²) in [6.07, 6.45) is 1.62. The molecular formula is C20H21N7O4. The van der Waals surface area contributed by atoms with Crippen LogP contribution in [-0.4, -0.2) is 66.0 Å². The van der Waals surface area contributed by atoms with E-state index < -0.39 is 5.91 Å². The van der Waals surface area contributed by atoms with Crippen LogP contribution in [-0.2, 0) is 0 Å². The molecule has 160 valence electrons. The molecule has 1 aromatic carbocycles. The van der Waals surface area contributed by atoms with Gasteiger partial charge in [-0.3, -0.25) is 4.79 Å². The van der Waals surface area contributed by atoms with Crippen molar-refractivity contribution in [2.45, 2.75) is 0 Å². The number of nitrogens with one attached hydrogen (secondary N) is 2. The Hall–Kier alpha value is -3.86. The second kappa shape index (κ2) is 8.11. The van der Waals surface area contributed by atoms with Gasteiger partial charge in [0.25, 0.3) is 0 Å². The molecule has 0 saturated carbocycles. The predicted molar refractivity (Wildman–Crippen MR) is 112 cm³/mol.